The lowest BCUT2D eigenvalue weighted by Gasteiger charge is -2.30. The van der Waals surface area contributed by atoms with Gasteiger partial charge in [-0.05, 0) is 18.2 Å². The quantitative estimate of drug-likeness (QED) is 0.765. The van der Waals surface area contributed by atoms with E-state index in [1.165, 1.54) is 18.2 Å². The van der Waals surface area contributed by atoms with E-state index in [9.17, 15) is 18.0 Å². The van der Waals surface area contributed by atoms with E-state index in [4.69, 9.17) is 10.5 Å². The molecule has 2 rings (SSSR count). The van der Waals surface area contributed by atoms with E-state index < -0.39 is 25.2 Å². The van der Waals surface area contributed by atoms with Crippen LogP contribution in [-0.2, 0) is 4.79 Å². The fourth-order valence-corrected chi connectivity index (χ4v) is 1.57. The summed E-state index contributed by atoms with van der Waals surface area (Å²) in [5.74, 6) is -0.511. The summed E-state index contributed by atoms with van der Waals surface area (Å²) in [7, 11) is 0. The summed E-state index contributed by atoms with van der Waals surface area (Å²) in [5, 5.41) is 0. The number of nitrogen functional groups attached to an aromatic ring is 1. The molecule has 1 aromatic rings. The molecule has 0 bridgehead atoms. The van der Waals surface area contributed by atoms with Crippen LogP contribution < -0.4 is 15.4 Å². The second-order valence-corrected chi connectivity index (χ2v) is 3.61. The van der Waals surface area contributed by atoms with Crippen LogP contribution in [0.15, 0.2) is 18.2 Å². The third kappa shape index (κ3) is 2.43. The van der Waals surface area contributed by atoms with Crippen LogP contribution in [0.4, 0.5) is 24.5 Å². The molecule has 0 aromatic heterocycles. The molecule has 0 spiro atoms. The summed E-state index contributed by atoms with van der Waals surface area (Å²) < 4.78 is 42.0. The second kappa shape index (κ2) is 3.83. The van der Waals surface area contributed by atoms with Gasteiger partial charge in [0, 0.05) is 5.69 Å². The number of amides is 1. The fourth-order valence-electron chi connectivity index (χ4n) is 1.57. The number of rotatable bonds is 1. The molecule has 0 radical (unpaired) electrons. The van der Waals surface area contributed by atoms with Gasteiger partial charge in [0.2, 0.25) is 0 Å². The standard InChI is InChI=1S/C10H9F3N2O2/c11-10(12,13)5-15-7-3-6(14)1-2-8(7)17-4-9(15)16/h1-3H,4-5,14H2. The number of benzene rings is 1. The number of nitrogens with zero attached hydrogens (tertiary/aromatic N) is 1. The number of hydrogen-bond acceptors (Lipinski definition) is 3. The first-order valence-corrected chi connectivity index (χ1v) is 4.76. The molecule has 2 N–H and O–H groups in total. The molecule has 1 amide bonds. The van der Waals surface area contributed by atoms with Crippen molar-refractivity contribution in [3.8, 4) is 5.75 Å². The summed E-state index contributed by atoms with van der Waals surface area (Å²) in [6, 6.07) is 4.24. The fraction of sp³-hybridized carbons (Fsp3) is 0.300. The Kier molecular flexibility index (Phi) is 2.60. The van der Waals surface area contributed by atoms with Gasteiger partial charge in [-0.3, -0.25) is 9.69 Å². The molecule has 1 aliphatic rings. The van der Waals surface area contributed by atoms with Crippen molar-refractivity contribution in [1.82, 2.24) is 0 Å². The van der Waals surface area contributed by atoms with Gasteiger partial charge in [-0.2, -0.15) is 13.2 Å². The van der Waals surface area contributed by atoms with Gasteiger partial charge in [-0.1, -0.05) is 0 Å². The van der Waals surface area contributed by atoms with Crippen LogP contribution in [0.2, 0.25) is 0 Å². The molecule has 0 aliphatic carbocycles. The van der Waals surface area contributed by atoms with Crippen LogP contribution in [0.5, 0.6) is 5.75 Å². The predicted molar refractivity (Wildman–Crippen MR) is 54.8 cm³/mol. The second-order valence-electron chi connectivity index (χ2n) is 3.61. The molecule has 1 aliphatic heterocycles. The van der Waals surface area contributed by atoms with Crippen LogP contribution in [0.3, 0.4) is 0 Å². The number of halogens is 3. The average Bonchev–Trinajstić information content (AvgIpc) is 2.21. The summed E-state index contributed by atoms with van der Waals surface area (Å²) in [6.07, 6.45) is -4.46. The minimum atomic E-state index is -4.46. The first-order chi connectivity index (χ1) is 7.87. The lowest BCUT2D eigenvalue weighted by molar-refractivity contribution is -0.134. The third-order valence-electron chi connectivity index (χ3n) is 2.26. The van der Waals surface area contributed by atoms with E-state index in [1.54, 1.807) is 0 Å². The number of ether oxygens (including phenoxy) is 1. The van der Waals surface area contributed by atoms with E-state index in [0.29, 0.717) is 4.90 Å². The van der Waals surface area contributed by atoms with Crippen molar-refractivity contribution in [3.05, 3.63) is 18.2 Å². The molecule has 4 nitrogen and oxygen atoms in total. The van der Waals surface area contributed by atoms with Gasteiger partial charge in [0.25, 0.3) is 5.91 Å². The summed E-state index contributed by atoms with van der Waals surface area (Å²) in [4.78, 5) is 12.0. The number of anilines is 2. The predicted octanol–water partition coefficient (Wildman–Crippen LogP) is 1.56. The Morgan fingerprint density at radius 3 is 2.76 bits per heavy atom. The maximum atomic E-state index is 12.3. The lowest BCUT2D eigenvalue weighted by atomic mass is 10.2. The Morgan fingerprint density at radius 2 is 2.12 bits per heavy atom. The van der Waals surface area contributed by atoms with Crippen molar-refractivity contribution >= 4 is 17.3 Å². The van der Waals surface area contributed by atoms with Gasteiger partial charge in [-0.15, -0.1) is 0 Å². The zero-order valence-electron chi connectivity index (χ0n) is 8.62. The van der Waals surface area contributed by atoms with Crippen LogP contribution >= 0.6 is 0 Å². The highest BCUT2D eigenvalue weighted by Crippen LogP contribution is 2.35. The summed E-state index contributed by atoms with van der Waals surface area (Å²) in [5.41, 5.74) is 5.81. The van der Waals surface area contributed by atoms with E-state index in [0.717, 1.165) is 0 Å². The number of nitrogens with two attached hydrogens (primary N) is 1. The SMILES string of the molecule is Nc1ccc2c(c1)N(CC(F)(F)F)C(=O)CO2. The van der Waals surface area contributed by atoms with E-state index in [2.05, 4.69) is 0 Å². The molecule has 0 atom stereocenters. The molecule has 0 fully saturated rings. The van der Waals surface area contributed by atoms with Crippen molar-refractivity contribution < 1.29 is 22.7 Å². The maximum Gasteiger partial charge on any atom is 0.406 e. The van der Waals surface area contributed by atoms with Gasteiger partial charge in [0.15, 0.2) is 6.61 Å². The highest BCUT2D eigenvalue weighted by molar-refractivity contribution is 5.98. The molecule has 17 heavy (non-hydrogen) atoms. The molecule has 0 saturated carbocycles. The molecule has 1 aromatic carbocycles. The molecule has 92 valence electrons. The first kappa shape index (κ1) is 11.6. The smallest absolute Gasteiger partial charge is 0.406 e. The normalized spacial score (nSPS) is 15.5. The van der Waals surface area contributed by atoms with E-state index >= 15 is 0 Å². The molecule has 7 heteroatoms. The highest BCUT2D eigenvalue weighted by atomic mass is 19.4. The Bertz CT molecular complexity index is 459. The zero-order chi connectivity index (χ0) is 12.6. The number of fused-ring (bicyclic) bond motifs is 1. The van der Waals surface area contributed by atoms with Crippen LogP contribution in [0, 0.1) is 0 Å². The Balaban J connectivity index is 2.39. The summed E-state index contributed by atoms with van der Waals surface area (Å²) >= 11 is 0. The van der Waals surface area contributed by atoms with Crippen molar-refractivity contribution in [2.75, 3.05) is 23.8 Å². The molecule has 0 saturated heterocycles. The topological polar surface area (TPSA) is 55.6 Å². The molecular formula is C10H9F3N2O2. The lowest BCUT2D eigenvalue weighted by Crippen LogP contribution is -2.44. The number of carbonyl (C=O) groups is 1. The van der Waals surface area contributed by atoms with Crippen LogP contribution in [-0.4, -0.2) is 25.2 Å². The van der Waals surface area contributed by atoms with Crippen molar-refractivity contribution in [2.24, 2.45) is 0 Å². The van der Waals surface area contributed by atoms with Crippen molar-refractivity contribution in [1.29, 1.82) is 0 Å². The monoisotopic (exact) mass is 246 g/mol. The Labute approximate surface area is 94.8 Å². The van der Waals surface area contributed by atoms with Gasteiger partial charge in [-0.25, -0.2) is 0 Å². The number of alkyl halides is 3. The van der Waals surface area contributed by atoms with Gasteiger partial charge < -0.3 is 10.5 Å². The Morgan fingerprint density at radius 1 is 1.41 bits per heavy atom. The highest BCUT2D eigenvalue weighted by Gasteiger charge is 2.36. The van der Waals surface area contributed by atoms with Gasteiger partial charge in [0.1, 0.15) is 12.3 Å². The summed E-state index contributed by atoms with van der Waals surface area (Å²) in [6.45, 7) is -1.74. The van der Waals surface area contributed by atoms with Crippen LogP contribution in [0.25, 0.3) is 0 Å². The Hall–Kier alpha value is -1.92. The third-order valence-corrected chi connectivity index (χ3v) is 2.26. The van der Waals surface area contributed by atoms with E-state index in [-0.39, 0.29) is 17.1 Å². The molecule has 1 heterocycles. The largest absolute Gasteiger partial charge is 0.482 e. The van der Waals surface area contributed by atoms with Crippen molar-refractivity contribution in [3.63, 3.8) is 0 Å². The average molecular weight is 246 g/mol. The van der Waals surface area contributed by atoms with Gasteiger partial charge in [0.05, 0.1) is 5.69 Å². The van der Waals surface area contributed by atoms with Crippen molar-refractivity contribution in [2.45, 2.75) is 6.18 Å². The maximum absolute atomic E-state index is 12.3. The van der Waals surface area contributed by atoms with Crippen LogP contribution in [0.1, 0.15) is 0 Å². The minimum Gasteiger partial charge on any atom is -0.482 e. The minimum absolute atomic E-state index is 0.0542. The zero-order valence-corrected chi connectivity index (χ0v) is 8.62. The molecule has 0 unspecified atom stereocenters. The van der Waals surface area contributed by atoms with Gasteiger partial charge >= 0.3 is 6.18 Å². The number of carbonyl (C=O) groups excluding carboxylic acids is 1. The van der Waals surface area contributed by atoms with E-state index in [1.807, 2.05) is 0 Å². The molecular weight excluding hydrogens is 237 g/mol. The first-order valence-electron chi connectivity index (χ1n) is 4.76. The number of hydrogen-bond donors (Lipinski definition) is 1.